The number of carbonyl (C=O) groups excluding carboxylic acids is 1. The molecule has 0 atom stereocenters. The van der Waals surface area contributed by atoms with Crippen molar-refractivity contribution in [3.63, 3.8) is 0 Å². The van der Waals surface area contributed by atoms with Crippen molar-refractivity contribution in [2.45, 2.75) is 25.7 Å². The molecule has 1 aliphatic carbocycles. The van der Waals surface area contributed by atoms with Gasteiger partial charge in [-0.2, -0.15) is 0 Å². The fourth-order valence-corrected chi connectivity index (χ4v) is 4.74. The van der Waals surface area contributed by atoms with E-state index in [-0.39, 0.29) is 12.3 Å². The summed E-state index contributed by atoms with van der Waals surface area (Å²) in [5.41, 5.74) is 13.9. The molecule has 3 heterocycles. The molecule has 10 heteroatoms. The van der Waals surface area contributed by atoms with Gasteiger partial charge in [-0.1, -0.05) is 6.07 Å². The van der Waals surface area contributed by atoms with Crippen LogP contribution in [0.3, 0.4) is 0 Å². The number of benzene rings is 2. The maximum atomic E-state index is 12.7. The number of nitrogen functional groups attached to an aromatic ring is 1. The molecule has 6 rings (SSSR count). The van der Waals surface area contributed by atoms with Crippen LogP contribution in [-0.4, -0.2) is 37.9 Å². The highest BCUT2D eigenvalue weighted by Gasteiger charge is 2.25. The first-order valence-corrected chi connectivity index (χ1v) is 10.9. The molecule has 0 aliphatic heterocycles. The second-order valence-corrected chi connectivity index (χ2v) is 8.26. The lowest BCUT2D eigenvalue weighted by atomic mass is 10.1. The van der Waals surface area contributed by atoms with Crippen molar-refractivity contribution in [2.75, 3.05) is 18.2 Å². The third-order valence-corrected chi connectivity index (χ3v) is 6.24. The number of nitrogens with two attached hydrogens (primary N) is 1. The molecule has 10 nitrogen and oxygen atoms in total. The minimum absolute atomic E-state index is 0.147. The Kier molecular flexibility index (Phi) is 4.65. The smallest absolute Gasteiger partial charge is 0.228 e. The third-order valence-electron chi connectivity index (χ3n) is 6.24. The first kappa shape index (κ1) is 20.2. The number of aryl methyl sites for hydroxylation is 1. The average molecular weight is 455 g/mol. The highest BCUT2D eigenvalue weighted by Crippen LogP contribution is 2.37. The molecule has 3 N–H and O–H groups in total. The summed E-state index contributed by atoms with van der Waals surface area (Å²) < 4.78 is 12.5. The van der Waals surface area contributed by atoms with Gasteiger partial charge in [0.05, 0.1) is 19.0 Å². The van der Waals surface area contributed by atoms with Gasteiger partial charge in [0.2, 0.25) is 5.91 Å². The fourth-order valence-electron chi connectivity index (χ4n) is 4.74. The van der Waals surface area contributed by atoms with Gasteiger partial charge in [-0.3, -0.25) is 4.79 Å². The number of carbonyl (C=O) groups is 1. The summed E-state index contributed by atoms with van der Waals surface area (Å²) in [6.07, 6.45) is 4.66. The Balaban J connectivity index is 1.32. The van der Waals surface area contributed by atoms with E-state index in [0.29, 0.717) is 28.3 Å². The van der Waals surface area contributed by atoms with E-state index < -0.39 is 0 Å². The van der Waals surface area contributed by atoms with Crippen LogP contribution in [0, 0.1) is 0 Å². The highest BCUT2D eigenvalue weighted by atomic mass is 16.6. The quantitative estimate of drug-likeness (QED) is 0.413. The number of rotatable bonds is 5. The number of nitrogens with zero attached hydrogens (tertiary/aromatic N) is 5. The molecule has 34 heavy (non-hydrogen) atoms. The van der Waals surface area contributed by atoms with Gasteiger partial charge < -0.3 is 20.4 Å². The molecule has 1 amide bonds. The van der Waals surface area contributed by atoms with Crippen molar-refractivity contribution in [3.8, 4) is 11.4 Å². The zero-order valence-corrected chi connectivity index (χ0v) is 18.4. The highest BCUT2D eigenvalue weighted by molar-refractivity contribution is 5.95. The Bertz CT molecular complexity index is 1570. The molecule has 170 valence electrons. The number of methoxy groups -OCH3 is 1. The van der Waals surface area contributed by atoms with Crippen LogP contribution in [0.25, 0.3) is 27.8 Å². The number of fused-ring (bicyclic) bond motifs is 4. The van der Waals surface area contributed by atoms with Crippen molar-refractivity contribution in [1.82, 2.24) is 24.8 Å². The molecular formula is C24H21N7O3. The van der Waals surface area contributed by atoms with Gasteiger partial charge in [-0.05, 0) is 59.4 Å². The molecule has 3 aromatic heterocycles. The molecule has 0 spiro atoms. The van der Waals surface area contributed by atoms with E-state index in [9.17, 15) is 4.79 Å². The number of aromatic nitrogens is 5. The van der Waals surface area contributed by atoms with Gasteiger partial charge in [0.25, 0.3) is 0 Å². The van der Waals surface area contributed by atoms with Gasteiger partial charge in [0.15, 0.2) is 5.82 Å². The van der Waals surface area contributed by atoms with Gasteiger partial charge in [0.1, 0.15) is 28.6 Å². The molecule has 5 aromatic rings. The number of hydrogen-bond donors (Lipinski definition) is 2. The standard InChI is InChI=1S/C24H21N7O3/c1-33-20-11-15(31-19-4-2-3-16(19)22-23(31)24(25)27-12-26-22)7-5-13(20)9-21(32)28-14-6-8-17-18(10-14)30-34-29-17/h5-8,10-12H,2-4,9H2,1H3,(H,28,32)(H2,25,26,27). The monoisotopic (exact) mass is 455 g/mol. The van der Waals surface area contributed by atoms with Crippen molar-refractivity contribution < 1.29 is 14.2 Å². The summed E-state index contributed by atoms with van der Waals surface area (Å²) in [7, 11) is 1.60. The number of anilines is 2. The number of nitrogens with one attached hydrogen (secondary N) is 1. The van der Waals surface area contributed by atoms with E-state index >= 15 is 0 Å². The molecule has 0 fully saturated rings. The summed E-state index contributed by atoms with van der Waals surface area (Å²) in [5.74, 6) is 0.890. The van der Waals surface area contributed by atoms with E-state index in [0.717, 1.165) is 41.5 Å². The summed E-state index contributed by atoms with van der Waals surface area (Å²) in [5, 5.41) is 10.5. The molecule has 0 saturated heterocycles. The van der Waals surface area contributed by atoms with Crippen LogP contribution in [0.5, 0.6) is 5.75 Å². The zero-order chi connectivity index (χ0) is 23.2. The van der Waals surface area contributed by atoms with Gasteiger partial charge in [-0.25, -0.2) is 14.6 Å². The summed E-state index contributed by atoms with van der Waals surface area (Å²) >= 11 is 0. The zero-order valence-electron chi connectivity index (χ0n) is 18.4. The molecule has 1 aliphatic rings. The Hall–Kier alpha value is -4.47. The van der Waals surface area contributed by atoms with Crippen molar-refractivity contribution in [3.05, 3.63) is 59.5 Å². The van der Waals surface area contributed by atoms with E-state index in [4.69, 9.17) is 15.1 Å². The SMILES string of the molecule is COc1cc(-n2c3c(c4ncnc(N)c42)CCC3)ccc1CC(=O)Nc1ccc2nonc2c1. The topological polar surface area (TPSA) is 134 Å². The normalized spacial score (nSPS) is 12.9. The number of amides is 1. The Morgan fingerprint density at radius 1 is 1.15 bits per heavy atom. The van der Waals surface area contributed by atoms with Gasteiger partial charge in [-0.15, -0.1) is 0 Å². The first-order valence-electron chi connectivity index (χ1n) is 10.9. The Morgan fingerprint density at radius 2 is 2.03 bits per heavy atom. The lowest BCUT2D eigenvalue weighted by Crippen LogP contribution is -2.15. The second-order valence-electron chi connectivity index (χ2n) is 8.26. The van der Waals surface area contributed by atoms with E-state index in [2.05, 4.69) is 30.2 Å². The van der Waals surface area contributed by atoms with E-state index in [1.165, 1.54) is 17.6 Å². The van der Waals surface area contributed by atoms with Gasteiger partial charge in [0, 0.05) is 28.7 Å². The second kappa shape index (κ2) is 7.84. The predicted molar refractivity (Wildman–Crippen MR) is 126 cm³/mol. The van der Waals surface area contributed by atoms with Crippen molar-refractivity contribution in [2.24, 2.45) is 0 Å². The maximum absolute atomic E-state index is 12.7. The van der Waals surface area contributed by atoms with E-state index in [1.807, 2.05) is 18.2 Å². The van der Waals surface area contributed by atoms with E-state index in [1.54, 1.807) is 25.3 Å². The van der Waals surface area contributed by atoms with Crippen LogP contribution < -0.4 is 15.8 Å². The molecule has 0 bridgehead atoms. The summed E-state index contributed by atoms with van der Waals surface area (Å²) in [6, 6.07) is 11.0. The van der Waals surface area contributed by atoms with Crippen molar-refractivity contribution in [1.29, 1.82) is 0 Å². The van der Waals surface area contributed by atoms with Crippen LogP contribution in [0.2, 0.25) is 0 Å². The van der Waals surface area contributed by atoms with Crippen molar-refractivity contribution >= 4 is 39.5 Å². The largest absolute Gasteiger partial charge is 0.496 e. The third kappa shape index (κ3) is 3.22. The lowest BCUT2D eigenvalue weighted by Gasteiger charge is -2.15. The van der Waals surface area contributed by atoms with Crippen LogP contribution in [-0.2, 0) is 24.1 Å². The molecule has 2 aromatic carbocycles. The molecule has 0 unspecified atom stereocenters. The van der Waals surface area contributed by atoms with Crippen LogP contribution >= 0.6 is 0 Å². The maximum Gasteiger partial charge on any atom is 0.228 e. The van der Waals surface area contributed by atoms with Crippen LogP contribution in [0.4, 0.5) is 11.5 Å². The van der Waals surface area contributed by atoms with Gasteiger partial charge >= 0.3 is 0 Å². The number of ether oxygens (including phenoxy) is 1. The Morgan fingerprint density at radius 3 is 2.91 bits per heavy atom. The Labute approximate surface area is 193 Å². The fraction of sp³-hybridized carbons (Fsp3) is 0.208. The summed E-state index contributed by atoms with van der Waals surface area (Å²) in [4.78, 5) is 21.5. The first-order chi connectivity index (χ1) is 16.6. The minimum Gasteiger partial charge on any atom is -0.496 e. The molecule has 0 radical (unpaired) electrons. The molecular weight excluding hydrogens is 434 g/mol. The number of hydrogen-bond acceptors (Lipinski definition) is 8. The van der Waals surface area contributed by atoms with Crippen LogP contribution in [0.1, 0.15) is 23.2 Å². The lowest BCUT2D eigenvalue weighted by molar-refractivity contribution is -0.115. The predicted octanol–water partition coefficient (Wildman–Crippen LogP) is 3.22. The molecule has 0 saturated carbocycles. The minimum atomic E-state index is -0.174. The average Bonchev–Trinajstić information content (AvgIpc) is 3.55. The summed E-state index contributed by atoms with van der Waals surface area (Å²) in [6.45, 7) is 0. The van der Waals surface area contributed by atoms with Crippen LogP contribution in [0.15, 0.2) is 47.4 Å².